The van der Waals surface area contributed by atoms with Crippen molar-refractivity contribution in [2.24, 2.45) is 5.73 Å². The van der Waals surface area contributed by atoms with E-state index < -0.39 is 0 Å². The summed E-state index contributed by atoms with van der Waals surface area (Å²) in [5, 5.41) is 4.90. The van der Waals surface area contributed by atoms with E-state index in [1.54, 1.807) is 12.3 Å². The van der Waals surface area contributed by atoms with E-state index in [9.17, 15) is 9.59 Å². The number of aromatic nitrogens is 1. The molecule has 18 heavy (non-hydrogen) atoms. The van der Waals surface area contributed by atoms with Crippen LogP contribution in [0.15, 0.2) is 18.3 Å². The Kier molecular flexibility index (Phi) is 10.2. The highest BCUT2D eigenvalue weighted by atomic mass is 35.5. The number of anilines is 1. The Morgan fingerprint density at radius 1 is 1.28 bits per heavy atom. The molecule has 0 saturated carbocycles. The highest BCUT2D eigenvalue weighted by Gasteiger charge is 2.04. The van der Waals surface area contributed by atoms with Crippen molar-refractivity contribution in [3.63, 3.8) is 0 Å². The van der Waals surface area contributed by atoms with Crippen LogP contribution in [0.2, 0.25) is 0 Å². The van der Waals surface area contributed by atoms with Crippen LogP contribution in [0.5, 0.6) is 0 Å². The smallest absolute Gasteiger partial charge is 0.244 e. The quantitative estimate of drug-likeness (QED) is 0.741. The number of rotatable bonds is 4. The van der Waals surface area contributed by atoms with Gasteiger partial charge in [0.2, 0.25) is 11.8 Å². The summed E-state index contributed by atoms with van der Waals surface area (Å²) in [5.41, 5.74) is 6.08. The van der Waals surface area contributed by atoms with Gasteiger partial charge < -0.3 is 16.4 Å². The van der Waals surface area contributed by atoms with Crippen molar-refractivity contribution in [2.75, 3.05) is 18.4 Å². The summed E-state index contributed by atoms with van der Waals surface area (Å²) in [4.78, 5) is 26.1. The molecule has 0 radical (unpaired) electrons. The second-order valence-electron chi connectivity index (χ2n) is 3.25. The standard InChI is InChI=1S/C10H14N4O2.2ClH/c1-7-2-3-8(12-5-7)14-10(16)6-13-9(15)4-11;;/h2-3,5H,4,6,11H2,1H3,(H,13,15)(H,12,14,16);2*1H. The van der Waals surface area contributed by atoms with Gasteiger partial charge in [-0.2, -0.15) is 0 Å². The maximum absolute atomic E-state index is 11.3. The van der Waals surface area contributed by atoms with Crippen LogP contribution in [-0.4, -0.2) is 29.9 Å². The van der Waals surface area contributed by atoms with E-state index in [1.807, 2.05) is 13.0 Å². The molecule has 0 atom stereocenters. The number of nitrogens with two attached hydrogens (primary N) is 1. The lowest BCUT2D eigenvalue weighted by Crippen LogP contribution is -2.36. The fraction of sp³-hybridized carbons (Fsp3) is 0.300. The van der Waals surface area contributed by atoms with Gasteiger partial charge in [-0.3, -0.25) is 9.59 Å². The van der Waals surface area contributed by atoms with Crippen LogP contribution in [0.3, 0.4) is 0 Å². The molecule has 6 nitrogen and oxygen atoms in total. The van der Waals surface area contributed by atoms with Crippen molar-refractivity contribution in [2.45, 2.75) is 6.92 Å². The number of hydrogen-bond acceptors (Lipinski definition) is 4. The van der Waals surface area contributed by atoms with Gasteiger partial charge in [-0.25, -0.2) is 4.98 Å². The minimum atomic E-state index is -0.369. The van der Waals surface area contributed by atoms with Crippen molar-refractivity contribution >= 4 is 42.4 Å². The van der Waals surface area contributed by atoms with Crippen LogP contribution in [0, 0.1) is 6.92 Å². The lowest BCUT2D eigenvalue weighted by molar-refractivity contribution is -0.123. The molecule has 0 saturated heterocycles. The molecule has 8 heteroatoms. The van der Waals surface area contributed by atoms with Crippen molar-refractivity contribution in [1.29, 1.82) is 0 Å². The van der Waals surface area contributed by atoms with Crippen LogP contribution < -0.4 is 16.4 Å². The van der Waals surface area contributed by atoms with Crippen molar-refractivity contribution in [1.82, 2.24) is 10.3 Å². The first-order chi connectivity index (χ1) is 7.61. The monoisotopic (exact) mass is 294 g/mol. The second kappa shape index (κ2) is 9.64. The van der Waals surface area contributed by atoms with E-state index in [0.29, 0.717) is 5.82 Å². The molecule has 1 rings (SSSR count). The molecule has 0 bridgehead atoms. The molecular weight excluding hydrogens is 279 g/mol. The molecule has 0 aliphatic rings. The number of nitrogens with one attached hydrogen (secondary N) is 2. The number of amides is 2. The van der Waals surface area contributed by atoms with Gasteiger partial charge in [0.25, 0.3) is 0 Å². The zero-order chi connectivity index (χ0) is 12.0. The molecule has 2 amide bonds. The van der Waals surface area contributed by atoms with Gasteiger partial charge in [-0.15, -0.1) is 24.8 Å². The molecule has 0 aliphatic carbocycles. The van der Waals surface area contributed by atoms with E-state index in [2.05, 4.69) is 15.6 Å². The molecule has 0 spiro atoms. The summed E-state index contributed by atoms with van der Waals surface area (Å²) in [7, 11) is 0. The summed E-state index contributed by atoms with van der Waals surface area (Å²) in [5.74, 6) is -0.247. The Bertz CT molecular complexity index is 384. The lowest BCUT2D eigenvalue weighted by Gasteiger charge is -2.05. The Morgan fingerprint density at radius 2 is 1.94 bits per heavy atom. The Balaban J connectivity index is 0. The second-order valence-corrected chi connectivity index (χ2v) is 3.25. The molecule has 0 aromatic carbocycles. The highest BCUT2D eigenvalue weighted by Crippen LogP contribution is 2.02. The third-order valence-electron chi connectivity index (χ3n) is 1.81. The average Bonchev–Trinajstić information content (AvgIpc) is 2.29. The van der Waals surface area contributed by atoms with Gasteiger partial charge >= 0.3 is 0 Å². The molecule has 1 aromatic heterocycles. The number of carbonyl (C=O) groups excluding carboxylic acids is 2. The topological polar surface area (TPSA) is 97.1 Å². The van der Waals surface area contributed by atoms with Gasteiger partial charge in [0.05, 0.1) is 13.1 Å². The van der Waals surface area contributed by atoms with Gasteiger partial charge in [-0.05, 0) is 18.6 Å². The predicted molar refractivity (Wildman–Crippen MR) is 74.2 cm³/mol. The van der Waals surface area contributed by atoms with Crippen LogP contribution in [0.25, 0.3) is 0 Å². The number of aryl methyl sites for hydroxylation is 1. The highest BCUT2D eigenvalue weighted by molar-refractivity contribution is 5.93. The average molecular weight is 295 g/mol. The van der Waals surface area contributed by atoms with Crippen LogP contribution >= 0.6 is 24.8 Å². The van der Waals surface area contributed by atoms with E-state index >= 15 is 0 Å². The largest absolute Gasteiger partial charge is 0.346 e. The molecule has 4 N–H and O–H groups in total. The van der Waals surface area contributed by atoms with Gasteiger partial charge in [0, 0.05) is 6.20 Å². The first-order valence-electron chi connectivity index (χ1n) is 4.81. The minimum Gasteiger partial charge on any atom is -0.346 e. The fourth-order valence-electron chi connectivity index (χ4n) is 0.980. The third kappa shape index (κ3) is 7.05. The molecule has 1 heterocycles. The number of nitrogens with zero attached hydrogens (tertiary/aromatic N) is 1. The summed E-state index contributed by atoms with van der Waals surface area (Å²) in [6.45, 7) is 1.67. The van der Waals surface area contributed by atoms with E-state index in [4.69, 9.17) is 5.73 Å². The molecule has 102 valence electrons. The maximum atomic E-state index is 11.3. The first kappa shape index (κ1) is 19.0. The van der Waals surface area contributed by atoms with Crippen LogP contribution in [0.1, 0.15) is 5.56 Å². The number of carbonyl (C=O) groups is 2. The zero-order valence-corrected chi connectivity index (χ0v) is 11.4. The molecule has 0 aliphatic heterocycles. The predicted octanol–water partition coefficient (Wildman–Crippen LogP) is 0.247. The Labute approximate surface area is 118 Å². The van der Waals surface area contributed by atoms with Gasteiger partial charge in [0.15, 0.2) is 0 Å². The summed E-state index contributed by atoms with van der Waals surface area (Å²) < 4.78 is 0. The van der Waals surface area contributed by atoms with Crippen molar-refractivity contribution < 1.29 is 9.59 Å². The summed E-state index contributed by atoms with van der Waals surface area (Å²) >= 11 is 0. The Morgan fingerprint density at radius 3 is 2.44 bits per heavy atom. The number of hydrogen-bond donors (Lipinski definition) is 3. The third-order valence-corrected chi connectivity index (χ3v) is 1.81. The molecule has 0 fully saturated rings. The first-order valence-corrected chi connectivity index (χ1v) is 4.81. The van der Waals surface area contributed by atoms with Crippen LogP contribution in [-0.2, 0) is 9.59 Å². The van der Waals surface area contributed by atoms with Crippen molar-refractivity contribution in [3.8, 4) is 0 Å². The summed E-state index contributed by atoms with van der Waals surface area (Å²) in [6, 6.07) is 3.53. The van der Waals surface area contributed by atoms with E-state index in [0.717, 1.165) is 5.56 Å². The lowest BCUT2D eigenvalue weighted by atomic mass is 10.3. The number of pyridine rings is 1. The van der Waals surface area contributed by atoms with Gasteiger partial charge in [0.1, 0.15) is 5.82 Å². The summed E-state index contributed by atoms with van der Waals surface area (Å²) in [6.07, 6.45) is 1.65. The SMILES string of the molecule is Cc1ccc(NC(=O)CNC(=O)CN)nc1.Cl.Cl. The van der Waals surface area contributed by atoms with Crippen molar-refractivity contribution in [3.05, 3.63) is 23.9 Å². The van der Waals surface area contributed by atoms with E-state index in [-0.39, 0.29) is 49.7 Å². The minimum absolute atomic E-state index is 0. The number of halogens is 2. The molecular formula is C10H16Cl2N4O2. The zero-order valence-electron chi connectivity index (χ0n) is 9.80. The molecule has 0 unspecified atom stereocenters. The molecule has 1 aromatic rings. The normalized spacial score (nSPS) is 8.56. The van der Waals surface area contributed by atoms with E-state index in [1.165, 1.54) is 0 Å². The maximum Gasteiger partial charge on any atom is 0.244 e. The van der Waals surface area contributed by atoms with Gasteiger partial charge in [-0.1, -0.05) is 6.07 Å². The Hall–Kier alpha value is -1.37. The fourth-order valence-corrected chi connectivity index (χ4v) is 0.980. The van der Waals surface area contributed by atoms with Crippen LogP contribution in [0.4, 0.5) is 5.82 Å².